The number of rotatable bonds is 9. The Bertz CT molecular complexity index is 1230. The minimum Gasteiger partial charge on any atom is -0.494 e. The molecule has 0 aliphatic carbocycles. The van der Waals surface area contributed by atoms with Gasteiger partial charge >= 0.3 is 5.97 Å². The van der Waals surface area contributed by atoms with E-state index in [1.807, 2.05) is 68.7 Å². The number of anilines is 2. The van der Waals surface area contributed by atoms with E-state index in [-0.39, 0.29) is 5.91 Å². The second-order valence-electron chi connectivity index (χ2n) is 8.48. The number of esters is 1. The van der Waals surface area contributed by atoms with Crippen LogP contribution in [0.3, 0.4) is 0 Å². The van der Waals surface area contributed by atoms with Crippen molar-refractivity contribution in [3.8, 4) is 5.75 Å². The van der Waals surface area contributed by atoms with E-state index in [0.717, 1.165) is 35.5 Å². The minimum absolute atomic E-state index is 0.241. The van der Waals surface area contributed by atoms with Crippen molar-refractivity contribution in [3.05, 3.63) is 89.5 Å². The van der Waals surface area contributed by atoms with E-state index in [2.05, 4.69) is 15.5 Å². The molecule has 1 aliphatic heterocycles. The Morgan fingerprint density at radius 3 is 2.40 bits per heavy atom. The molecule has 0 fully saturated rings. The normalized spacial score (nSPS) is 13.8. The van der Waals surface area contributed by atoms with Crippen LogP contribution in [0, 0.1) is 0 Å². The Labute approximate surface area is 205 Å². The predicted molar refractivity (Wildman–Crippen MR) is 138 cm³/mol. The van der Waals surface area contributed by atoms with Crippen molar-refractivity contribution >= 4 is 34.5 Å². The van der Waals surface area contributed by atoms with Crippen LogP contribution in [0.1, 0.15) is 27.9 Å². The van der Waals surface area contributed by atoms with Crippen LogP contribution in [0.4, 0.5) is 11.4 Å². The zero-order valence-corrected chi connectivity index (χ0v) is 20.1. The number of benzene rings is 3. The highest BCUT2D eigenvalue weighted by Crippen LogP contribution is 2.38. The molecule has 180 valence electrons. The average Bonchev–Trinajstić information content (AvgIpc) is 3.20. The van der Waals surface area contributed by atoms with Crippen LogP contribution >= 0.6 is 0 Å². The molecule has 1 heterocycles. The quantitative estimate of drug-likeness (QED) is 0.267. The van der Waals surface area contributed by atoms with E-state index in [1.54, 1.807) is 18.2 Å². The van der Waals surface area contributed by atoms with Crippen LogP contribution in [0.2, 0.25) is 0 Å². The molecule has 3 aromatic carbocycles. The zero-order valence-electron chi connectivity index (χ0n) is 20.1. The first-order chi connectivity index (χ1) is 17.0. The number of carbonyl (C=O) groups excluding carboxylic acids is 2. The highest BCUT2D eigenvalue weighted by atomic mass is 16.5. The second kappa shape index (κ2) is 10.9. The first-order valence-corrected chi connectivity index (χ1v) is 11.4. The lowest BCUT2D eigenvalue weighted by Gasteiger charge is -2.15. The lowest BCUT2D eigenvalue weighted by molar-refractivity contribution is -0.110. The molecule has 0 aromatic heterocycles. The standard InChI is InChI=1S/C28H29N3O4/c1-31(2)16-7-17-35-22-13-11-21(12-14-22)29-26(19-8-5-4-6-9-19)25-23-15-10-20(28(33)34-3)18-24(23)30-27(25)32/h4-6,8-15,18,29H,7,16-17H2,1-3H3,(H,30,32)/b26-25+. The Kier molecular flexibility index (Phi) is 7.48. The number of ether oxygens (including phenoxy) is 2. The van der Waals surface area contributed by atoms with Crippen molar-refractivity contribution in [1.29, 1.82) is 0 Å². The summed E-state index contributed by atoms with van der Waals surface area (Å²) in [6, 6.07) is 22.4. The Morgan fingerprint density at radius 2 is 1.71 bits per heavy atom. The van der Waals surface area contributed by atoms with Crippen LogP contribution in [0.25, 0.3) is 11.3 Å². The molecule has 0 saturated heterocycles. The van der Waals surface area contributed by atoms with Crippen molar-refractivity contribution in [2.24, 2.45) is 0 Å². The summed E-state index contributed by atoms with van der Waals surface area (Å²) in [4.78, 5) is 27.2. The SMILES string of the molecule is COC(=O)c1ccc2c(c1)NC(=O)/C2=C(/Nc1ccc(OCCCN(C)C)cc1)c1ccccc1. The second-order valence-corrected chi connectivity index (χ2v) is 8.48. The number of hydrogen-bond acceptors (Lipinski definition) is 6. The number of fused-ring (bicyclic) bond motifs is 1. The minimum atomic E-state index is -0.454. The summed E-state index contributed by atoms with van der Waals surface area (Å²) in [6.07, 6.45) is 0.948. The van der Waals surface area contributed by atoms with Crippen molar-refractivity contribution in [2.45, 2.75) is 6.42 Å². The lowest BCUT2D eigenvalue weighted by atomic mass is 9.99. The van der Waals surface area contributed by atoms with Crippen molar-refractivity contribution in [1.82, 2.24) is 4.90 Å². The molecule has 0 radical (unpaired) electrons. The molecule has 0 unspecified atom stereocenters. The van der Waals surface area contributed by atoms with Gasteiger partial charge in [0.1, 0.15) is 5.75 Å². The summed E-state index contributed by atoms with van der Waals surface area (Å²) < 4.78 is 10.6. The van der Waals surface area contributed by atoms with Gasteiger partial charge in [-0.2, -0.15) is 0 Å². The number of nitrogens with one attached hydrogen (secondary N) is 2. The van der Waals surface area contributed by atoms with Crippen LogP contribution in [-0.2, 0) is 9.53 Å². The fourth-order valence-corrected chi connectivity index (χ4v) is 3.90. The lowest BCUT2D eigenvalue weighted by Crippen LogP contribution is -2.15. The summed E-state index contributed by atoms with van der Waals surface area (Å²) in [6.45, 7) is 1.62. The molecule has 7 nitrogen and oxygen atoms in total. The zero-order chi connectivity index (χ0) is 24.8. The molecule has 4 rings (SSSR count). The summed E-state index contributed by atoms with van der Waals surface area (Å²) in [5, 5.41) is 6.31. The van der Waals surface area contributed by atoms with E-state index in [1.165, 1.54) is 7.11 Å². The van der Waals surface area contributed by atoms with Gasteiger partial charge in [-0.1, -0.05) is 36.4 Å². The van der Waals surface area contributed by atoms with Gasteiger partial charge in [0.15, 0.2) is 0 Å². The number of methoxy groups -OCH3 is 1. The molecule has 35 heavy (non-hydrogen) atoms. The third kappa shape index (κ3) is 5.70. The third-order valence-corrected chi connectivity index (χ3v) is 5.64. The highest BCUT2D eigenvalue weighted by molar-refractivity contribution is 6.37. The van der Waals surface area contributed by atoms with E-state index in [0.29, 0.717) is 29.1 Å². The van der Waals surface area contributed by atoms with Gasteiger partial charge < -0.3 is 25.0 Å². The van der Waals surface area contributed by atoms with Crippen LogP contribution in [-0.4, -0.2) is 51.1 Å². The van der Waals surface area contributed by atoms with Gasteiger partial charge in [0.05, 0.1) is 36.2 Å². The molecule has 3 aromatic rings. The Hall–Kier alpha value is -4.10. The van der Waals surface area contributed by atoms with Gasteiger partial charge in [-0.25, -0.2) is 4.79 Å². The van der Waals surface area contributed by atoms with Gasteiger partial charge in [-0.05, 0) is 62.5 Å². The first-order valence-electron chi connectivity index (χ1n) is 11.4. The highest BCUT2D eigenvalue weighted by Gasteiger charge is 2.29. The third-order valence-electron chi connectivity index (χ3n) is 5.64. The van der Waals surface area contributed by atoms with Gasteiger partial charge in [0.25, 0.3) is 5.91 Å². The van der Waals surface area contributed by atoms with Gasteiger partial charge in [-0.3, -0.25) is 4.79 Å². The number of hydrogen-bond donors (Lipinski definition) is 2. The molecule has 2 N–H and O–H groups in total. The molecule has 0 bridgehead atoms. The van der Waals surface area contributed by atoms with Crippen molar-refractivity contribution in [3.63, 3.8) is 0 Å². The van der Waals surface area contributed by atoms with Crippen molar-refractivity contribution in [2.75, 3.05) is 45.0 Å². The molecule has 0 saturated carbocycles. The number of nitrogens with zero attached hydrogens (tertiary/aromatic N) is 1. The molecule has 0 spiro atoms. The first kappa shape index (κ1) is 24.0. The van der Waals surface area contributed by atoms with Crippen LogP contribution in [0.15, 0.2) is 72.8 Å². The fraction of sp³-hybridized carbons (Fsp3) is 0.214. The van der Waals surface area contributed by atoms with Crippen LogP contribution < -0.4 is 15.4 Å². The molecule has 1 aliphatic rings. The number of carbonyl (C=O) groups is 2. The molecule has 0 atom stereocenters. The summed E-state index contributed by atoms with van der Waals surface area (Å²) in [5.74, 6) is 0.0987. The largest absolute Gasteiger partial charge is 0.494 e. The number of amides is 1. The van der Waals surface area contributed by atoms with E-state index in [4.69, 9.17) is 9.47 Å². The maximum absolute atomic E-state index is 13.1. The average molecular weight is 472 g/mol. The molecule has 1 amide bonds. The smallest absolute Gasteiger partial charge is 0.337 e. The molecular weight excluding hydrogens is 442 g/mol. The van der Waals surface area contributed by atoms with E-state index in [9.17, 15) is 9.59 Å². The molecule has 7 heteroatoms. The van der Waals surface area contributed by atoms with Crippen LogP contribution in [0.5, 0.6) is 5.75 Å². The maximum Gasteiger partial charge on any atom is 0.337 e. The predicted octanol–water partition coefficient (Wildman–Crippen LogP) is 4.74. The van der Waals surface area contributed by atoms with Crippen molar-refractivity contribution < 1.29 is 19.1 Å². The van der Waals surface area contributed by atoms with E-state index < -0.39 is 5.97 Å². The molecular formula is C28H29N3O4. The van der Waals surface area contributed by atoms with Gasteiger partial charge in [-0.15, -0.1) is 0 Å². The summed E-state index contributed by atoms with van der Waals surface area (Å²) in [5.41, 5.74) is 4.54. The van der Waals surface area contributed by atoms with Gasteiger partial charge in [0.2, 0.25) is 0 Å². The van der Waals surface area contributed by atoms with E-state index >= 15 is 0 Å². The van der Waals surface area contributed by atoms with Gasteiger partial charge in [0, 0.05) is 17.8 Å². The Morgan fingerprint density at radius 1 is 0.971 bits per heavy atom. The Balaban J connectivity index is 1.64. The monoisotopic (exact) mass is 471 g/mol. The fourth-order valence-electron chi connectivity index (χ4n) is 3.90. The topological polar surface area (TPSA) is 79.9 Å². The maximum atomic E-state index is 13.1. The summed E-state index contributed by atoms with van der Waals surface area (Å²) in [7, 11) is 5.41. The summed E-state index contributed by atoms with van der Waals surface area (Å²) >= 11 is 0.